The molecule has 0 bridgehead atoms. The summed E-state index contributed by atoms with van der Waals surface area (Å²) in [6, 6.07) is 1.57. The summed E-state index contributed by atoms with van der Waals surface area (Å²) in [7, 11) is 0. The van der Waals surface area contributed by atoms with E-state index in [0.717, 1.165) is 10.0 Å². The smallest absolute Gasteiger partial charge is 0.134 e. The van der Waals surface area contributed by atoms with E-state index in [1.54, 1.807) is 12.3 Å². The van der Waals surface area contributed by atoms with Gasteiger partial charge < -0.3 is 5.73 Å². The molecule has 2 N–H and O–H groups in total. The minimum atomic E-state index is -0.262. The van der Waals surface area contributed by atoms with Crippen molar-refractivity contribution in [2.45, 2.75) is 6.04 Å². The van der Waals surface area contributed by atoms with E-state index in [9.17, 15) is 0 Å². The lowest BCUT2D eigenvalue weighted by Gasteiger charge is -2.07. The first kappa shape index (κ1) is 9.71. The molecule has 1 atom stereocenters. The highest BCUT2D eigenvalue weighted by molar-refractivity contribution is 9.10. The van der Waals surface area contributed by atoms with Crippen LogP contribution in [-0.4, -0.2) is 4.98 Å². The first-order valence-corrected chi connectivity index (χ1v) is 4.51. The second-order valence-electron chi connectivity index (χ2n) is 2.30. The monoisotopic (exact) mass is 246 g/mol. The first-order valence-electron chi connectivity index (χ1n) is 3.34. The van der Waals surface area contributed by atoms with Crippen molar-refractivity contribution in [1.82, 2.24) is 4.98 Å². The van der Waals surface area contributed by atoms with Crippen molar-refractivity contribution in [1.29, 1.82) is 0 Å². The number of hydrogen-bond acceptors (Lipinski definition) is 2. The van der Waals surface area contributed by atoms with Gasteiger partial charge in [0.25, 0.3) is 0 Å². The van der Waals surface area contributed by atoms with Gasteiger partial charge in [0.05, 0.1) is 6.04 Å². The Labute approximate surface area is 84.6 Å². The summed E-state index contributed by atoms with van der Waals surface area (Å²) in [4.78, 5) is 3.94. The van der Waals surface area contributed by atoms with Gasteiger partial charge in [0.2, 0.25) is 0 Å². The Balaban J connectivity index is 3.12. The van der Waals surface area contributed by atoms with Crippen molar-refractivity contribution < 1.29 is 0 Å². The molecule has 0 unspecified atom stereocenters. The average Bonchev–Trinajstić information content (AvgIpc) is 2.08. The van der Waals surface area contributed by atoms with Crippen LogP contribution in [0.3, 0.4) is 0 Å². The van der Waals surface area contributed by atoms with Gasteiger partial charge in [0.15, 0.2) is 0 Å². The molecule has 0 aliphatic heterocycles. The van der Waals surface area contributed by atoms with Gasteiger partial charge in [-0.1, -0.05) is 17.7 Å². The maximum Gasteiger partial charge on any atom is 0.134 e. The van der Waals surface area contributed by atoms with Gasteiger partial charge in [-0.25, -0.2) is 4.98 Å². The van der Waals surface area contributed by atoms with Crippen LogP contribution in [-0.2, 0) is 0 Å². The normalized spacial score (nSPS) is 12.6. The number of aromatic nitrogens is 1. The SMILES string of the molecule is C=C[C@H](N)c1cc(Br)cnc1Cl. The highest BCUT2D eigenvalue weighted by Gasteiger charge is 2.07. The van der Waals surface area contributed by atoms with Crippen LogP contribution in [0.5, 0.6) is 0 Å². The summed E-state index contributed by atoms with van der Waals surface area (Å²) >= 11 is 9.09. The molecule has 0 fully saturated rings. The molecular formula is C8H8BrClN2. The number of rotatable bonds is 2. The molecule has 0 aliphatic carbocycles. The summed E-state index contributed by atoms with van der Waals surface area (Å²) < 4.78 is 0.860. The van der Waals surface area contributed by atoms with Crippen molar-refractivity contribution in [3.05, 3.63) is 40.1 Å². The number of pyridine rings is 1. The third kappa shape index (κ3) is 2.06. The summed E-state index contributed by atoms with van der Waals surface area (Å²) in [6.45, 7) is 3.58. The van der Waals surface area contributed by atoms with E-state index in [4.69, 9.17) is 17.3 Å². The molecular weight excluding hydrogens is 239 g/mol. The summed E-state index contributed by atoms with van der Waals surface area (Å²) in [5.41, 5.74) is 6.48. The van der Waals surface area contributed by atoms with Gasteiger partial charge in [-0.05, 0) is 22.0 Å². The fourth-order valence-electron chi connectivity index (χ4n) is 0.799. The average molecular weight is 248 g/mol. The van der Waals surface area contributed by atoms with E-state index in [1.165, 1.54) is 0 Å². The van der Waals surface area contributed by atoms with Crippen molar-refractivity contribution in [2.75, 3.05) is 0 Å². The predicted molar refractivity (Wildman–Crippen MR) is 54.1 cm³/mol. The minimum Gasteiger partial charge on any atom is -0.321 e. The largest absolute Gasteiger partial charge is 0.321 e. The highest BCUT2D eigenvalue weighted by Crippen LogP contribution is 2.23. The Morgan fingerprint density at radius 2 is 2.42 bits per heavy atom. The van der Waals surface area contributed by atoms with Crippen LogP contribution in [0.1, 0.15) is 11.6 Å². The maximum atomic E-state index is 5.81. The van der Waals surface area contributed by atoms with Gasteiger partial charge in [-0.2, -0.15) is 0 Å². The van der Waals surface area contributed by atoms with Gasteiger partial charge >= 0.3 is 0 Å². The molecule has 4 heteroatoms. The first-order chi connectivity index (χ1) is 5.65. The summed E-state index contributed by atoms with van der Waals surface area (Å²) in [6.07, 6.45) is 3.25. The van der Waals surface area contributed by atoms with Gasteiger partial charge in [0.1, 0.15) is 5.15 Å². The van der Waals surface area contributed by atoms with Gasteiger partial charge in [-0.3, -0.25) is 0 Å². The zero-order valence-corrected chi connectivity index (χ0v) is 8.64. The molecule has 0 aromatic carbocycles. The molecule has 0 spiro atoms. The van der Waals surface area contributed by atoms with E-state index >= 15 is 0 Å². The second-order valence-corrected chi connectivity index (χ2v) is 3.57. The van der Waals surface area contributed by atoms with Crippen LogP contribution in [0.25, 0.3) is 0 Å². The predicted octanol–water partition coefficient (Wildman–Crippen LogP) is 2.68. The fraction of sp³-hybridized carbons (Fsp3) is 0.125. The van der Waals surface area contributed by atoms with Crippen LogP contribution < -0.4 is 5.73 Å². The van der Waals surface area contributed by atoms with Crippen LogP contribution in [0.4, 0.5) is 0 Å². The van der Waals surface area contributed by atoms with E-state index < -0.39 is 0 Å². The molecule has 1 aromatic heterocycles. The standard InChI is InChI=1S/C8H8BrClN2/c1-2-7(11)6-3-5(9)4-12-8(6)10/h2-4,7H,1,11H2/t7-/m0/s1. The Morgan fingerprint density at radius 3 is 3.00 bits per heavy atom. The topological polar surface area (TPSA) is 38.9 Å². The van der Waals surface area contributed by atoms with Crippen LogP contribution in [0.2, 0.25) is 5.15 Å². The van der Waals surface area contributed by atoms with Crippen LogP contribution in [0, 0.1) is 0 Å². The third-order valence-electron chi connectivity index (χ3n) is 1.45. The third-order valence-corrected chi connectivity index (χ3v) is 2.20. The lowest BCUT2D eigenvalue weighted by Crippen LogP contribution is -2.07. The number of nitrogens with zero attached hydrogens (tertiary/aromatic N) is 1. The molecule has 1 rings (SSSR count). The van der Waals surface area contributed by atoms with E-state index in [2.05, 4.69) is 27.5 Å². The number of halogens is 2. The zero-order valence-electron chi connectivity index (χ0n) is 6.30. The van der Waals surface area contributed by atoms with Crippen LogP contribution in [0.15, 0.2) is 29.4 Å². The lowest BCUT2D eigenvalue weighted by atomic mass is 10.1. The van der Waals surface area contributed by atoms with E-state index in [-0.39, 0.29) is 6.04 Å². The van der Waals surface area contributed by atoms with E-state index in [0.29, 0.717) is 5.15 Å². The van der Waals surface area contributed by atoms with E-state index in [1.807, 2.05) is 6.07 Å². The second kappa shape index (κ2) is 4.03. The summed E-state index contributed by atoms with van der Waals surface area (Å²) in [5, 5.41) is 0.422. The molecule has 0 amide bonds. The molecule has 0 saturated carbocycles. The number of hydrogen-bond donors (Lipinski definition) is 1. The molecule has 0 radical (unpaired) electrons. The quantitative estimate of drug-likeness (QED) is 0.645. The lowest BCUT2D eigenvalue weighted by molar-refractivity contribution is 0.902. The minimum absolute atomic E-state index is 0.262. The Morgan fingerprint density at radius 1 is 1.75 bits per heavy atom. The Kier molecular flexibility index (Phi) is 3.26. The highest BCUT2D eigenvalue weighted by atomic mass is 79.9. The van der Waals surface area contributed by atoms with Crippen molar-refractivity contribution >= 4 is 27.5 Å². The summed E-state index contributed by atoms with van der Waals surface area (Å²) in [5.74, 6) is 0. The van der Waals surface area contributed by atoms with Crippen molar-refractivity contribution in [2.24, 2.45) is 5.73 Å². The zero-order chi connectivity index (χ0) is 9.14. The van der Waals surface area contributed by atoms with Crippen molar-refractivity contribution in [3.8, 4) is 0 Å². The Bertz CT molecular complexity index is 301. The molecule has 1 aromatic rings. The van der Waals surface area contributed by atoms with Crippen molar-refractivity contribution in [3.63, 3.8) is 0 Å². The van der Waals surface area contributed by atoms with Crippen LogP contribution >= 0.6 is 27.5 Å². The van der Waals surface area contributed by atoms with Gasteiger partial charge in [-0.15, -0.1) is 6.58 Å². The molecule has 64 valence electrons. The molecule has 0 saturated heterocycles. The number of nitrogens with two attached hydrogens (primary N) is 1. The Hall–Kier alpha value is -0.380. The van der Waals surface area contributed by atoms with Gasteiger partial charge in [0, 0.05) is 16.2 Å². The molecule has 0 aliphatic rings. The molecule has 2 nitrogen and oxygen atoms in total. The molecule has 1 heterocycles. The fourth-order valence-corrected chi connectivity index (χ4v) is 1.38. The molecule has 12 heavy (non-hydrogen) atoms. The maximum absolute atomic E-state index is 5.81.